The Morgan fingerprint density at radius 1 is 0.878 bits per heavy atom. The van der Waals surface area contributed by atoms with Crippen LogP contribution in [0.2, 0.25) is 5.02 Å². The monoisotopic (exact) mass is 721 g/mol. The van der Waals surface area contributed by atoms with Gasteiger partial charge in [-0.2, -0.15) is 0 Å². The highest BCUT2D eigenvalue weighted by Crippen LogP contribution is 2.46. The Morgan fingerprint density at radius 3 is 2.33 bits per heavy atom. The van der Waals surface area contributed by atoms with E-state index in [-0.39, 0.29) is 16.5 Å². The first-order valence-electron chi connectivity index (χ1n) is 16.5. The number of aliphatic hydroxyl groups is 1. The number of hydrogen-bond donors (Lipinski definition) is 1. The number of ether oxygens (including phenoxy) is 3. The molecule has 1 saturated heterocycles. The number of amides is 1. The van der Waals surface area contributed by atoms with E-state index in [4.69, 9.17) is 25.8 Å². The Kier molecular flexibility index (Phi) is 13.0. The predicted octanol–water partition coefficient (Wildman–Crippen LogP) is 9.26. The molecule has 0 aliphatic carbocycles. The van der Waals surface area contributed by atoms with Crippen LogP contribution in [0.5, 0.6) is 17.2 Å². The number of anilines is 1. The highest BCUT2D eigenvalue weighted by atomic mass is 35.5. The number of ketones is 1. The molecule has 1 atom stereocenters. The summed E-state index contributed by atoms with van der Waals surface area (Å²) in [7, 11) is 0. The van der Waals surface area contributed by atoms with Gasteiger partial charge in [-0.15, -0.1) is 10.2 Å². The van der Waals surface area contributed by atoms with E-state index in [1.165, 1.54) is 28.0 Å². The van der Waals surface area contributed by atoms with Gasteiger partial charge in [0, 0.05) is 16.3 Å². The average molecular weight is 722 g/mol. The number of nitrogens with zero attached hydrogens (tertiary/aromatic N) is 3. The number of unbranched alkanes of at least 4 members (excludes halogenated alkanes) is 3. The zero-order chi connectivity index (χ0) is 34.8. The molecule has 1 aliphatic rings. The summed E-state index contributed by atoms with van der Waals surface area (Å²) in [5.41, 5.74) is 1.92. The standard InChI is InChI=1S/C37H40ClN3O6S2/c1-4-7-9-21-47-29-19-14-26(22-30(29)45-6-3)32-31(33(42)25-12-17-28(18-13-25)46-20-8-5-2)34(43)35(44)41(32)36-39-40-37(49-36)48-23-24-10-15-27(38)16-11-24/h10-19,22,32,42H,4-9,20-21,23H2,1-3H3/b33-31-. The van der Waals surface area contributed by atoms with Crippen molar-refractivity contribution in [2.75, 3.05) is 24.7 Å². The van der Waals surface area contributed by atoms with Gasteiger partial charge >= 0.3 is 5.91 Å². The van der Waals surface area contributed by atoms with Crippen LogP contribution >= 0.6 is 34.7 Å². The van der Waals surface area contributed by atoms with Gasteiger partial charge in [-0.3, -0.25) is 14.5 Å². The molecular weight excluding hydrogens is 682 g/mol. The van der Waals surface area contributed by atoms with Crippen LogP contribution < -0.4 is 19.1 Å². The zero-order valence-electron chi connectivity index (χ0n) is 27.8. The minimum Gasteiger partial charge on any atom is -0.507 e. The van der Waals surface area contributed by atoms with Gasteiger partial charge in [-0.1, -0.05) is 86.0 Å². The van der Waals surface area contributed by atoms with Crippen molar-refractivity contribution in [3.05, 3.63) is 94.0 Å². The summed E-state index contributed by atoms with van der Waals surface area (Å²) in [6, 6.07) is 18.7. The molecule has 49 heavy (non-hydrogen) atoms. The van der Waals surface area contributed by atoms with Crippen LogP contribution in [-0.2, 0) is 15.3 Å². The van der Waals surface area contributed by atoms with Crippen LogP contribution in [0, 0.1) is 0 Å². The highest BCUT2D eigenvalue weighted by molar-refractivity contribution is 8.00. The van der Waals surface area contributed by atoms with Crippen molar-refractivity contribution < 1.29 is 28.9 Å². The molecule has 0 radical (unpaired) electrons. The summed E-state index contributed by atoms with van der Waals surface area (Å²) in [5.74, 6) is 0.370. The molecule has 258 valence electrons. The van der Waals surface area contributed by atoms with Crippen LogP contribution in [0.1, 0.15) is 75.6 Å². The summed E-state index contributed by atoms with van der Waals surface area (Å²) in [6.45, 7) is 7.59. The largest absolute Gasteiger partial charge is 0.507 e. The third-order valence-corrected chi connectivity index (χ3v) is 10.2. The van der Waals surface area contributed by atoms with Crippen LogP contribution in [-0.4, -0.2) is 46.8 Å². The maximum atomic E-state index is 13.8. The van der Waals surface area contributed by atoms with E-state index in [1.54, 1.807) is 42.5 Å². The third-order valence-electron chi connectivity index (χ3n) is 7.81. The lowest BCUT2D eigenvalue weighted by Crippen LogP contribution is -2.29. The predicted molar refractivity (Wildman–Crippen MR) is 195 cm³/mol. The number of rotatable bonds is 17. The van der Waals surface area contributed by atoms with E-state index < -0.39 is 17.7 Å². The van der Waals surface area contributed by atoms with Crippen molar-refractivity contribution in [2.24, 2.45) is 0 Å². The third kappa shape index (κ3) is 8.95. The van der Waals surface area contributed by atoms with E-state index >= 15 is 0 Å². The number of thioether (sulfide) groups is 1. The molecule has 1 N–H and O–H groups in total. The minimum absolute atomic E-state index is 0.0609. The van der Waals surface area contributed by atoms with Crippen LogP contribution in [0.25, 0.3) is 5.76 Å². The molecule has 0 bridgehead atoms. The number of aliphatic hydroxyl groups excluding tert-OH is 1. The van der Waals surface area contributed by atoms with Crippen molar-refractivity contribution in [1.82, 2.24) is 10.2 Å². The molecule has 1 unspecified atom stereocenters. The fourth-order valence-electron chi connectivity index (χ4n) is 5.24. The van der Waals surface area contributed by atoms with Gasteiger partial charge in [0.15, 0.2) is 15.8 Å². The Morgan fingerprint density at radius 2 is 1.61 bits per heavy atom. The lowest BCUT2D eigenvalue weighted by atomic mass is 9.95. The van der Waals surface area contributed by atoms with E-state index in [1.807, 2.05) is 31.2 Å². The lowest BCUT2D eigenvalue weighted by molar-refractivity contribution is -0.132. The van der Waals surface area contributed by atoms with Gasteiger partial charge < -0.3 is 19.3 Å². The van der Waals surface area contributed by atoms with Gasteiger partial charge in [0.25, 0.3) is 5.78 Å². The first kappa shape index (κ1) is 36.2. The fraction of sp³-hybridized carbons (Fsp3) is 0.351. The number of aromatic nitrogens is 2. The van der Waals surface area contributed by atoms with E-state index in [0.717, 1.165) is 37.7 Å². The quantitative estimate of drug-likeness (QED) is 0.0285. The van der Waals surface area contributed by atoms with Gasteiger partial charge in [-0.05, 0) is 79.4 Å². The summed E-state index contributed by atoms with van der Waals surface area (Å²) in [5, 5.41) is 21.2. The topological polar surface area (TPSA) is 111 Å². The van der Waals surface area contributed by atoms with Crippen LogP contribution in [0.4, 0.5) is 5.13 Å². The van der Waals surface area contributed by atoms with Crippen LogP contribution in [0.15, 0.2) is 76.6 Å². The Balaban J connectivity index is 1.52. The van der Waals surface area contributed by atoms with Gasteiger partial charge in [0.2, 0.25) is 5.13 Å². The maximum absolute atomic E-state index is 13.8. The molecule has 1 amide bonds. The van der Waals surface area contributed by atoms with Crippen molar-refractivity contribution >= 4 is 57.3 Å². The minimum atomic E-state index is -1.00. The number of carbonyl (C=O) groups excluding carboxylic acids is 2. The van der Waals surface area contributed by atoms with E-state index in [2.05, 4.69) is 24.0 Å². The molecule has 3 aromatic carbocycles. The van der Waals surface area contributed by atoms with Gasteiger partial charge in [0.05, 0.1) is 31.4 Å². The van der Waals surface area contributed by atoms with Crippen molar-refractivity contribution in [3.8, 4) is 17.2 Å². The van der Waals surface area contributed by atoms with Crippen molar-refractivity contribution in [3.63, 3.8) is 0 Å². The molecule has 5 rings (SSSR count). The van der Waals surface area contributed by atoms with Crippen molar-refractivity contribution in [1.29, 1.82) is 0 Å². The zero-order valence-corrected chi connectivity index (χ0v) is 30.2. The second kappa shape index (κ2) is 17.6. The molecule has 1 aromatic heterocycles. The Labute approximate surface area is 300 Å². The van der Waals surface area contributed by atoms with E-state index in [9.17, 15) is 14.7 Å². The number of Topliss-reactive ketones (excluding diaryl/α,β-unsaturated/α-hetero) is 1. The molecule has 2 heterocycles. The Hall–Kier alpha value is -4.06. The first-order valence-corrected chi connectivity index (χ1v) is 18.7. The van der Waals surface area contributed by atoms with Crippen LogP contribution in [0.3, 0.4) is 0 Å². The smallest absolute Gasteiger partial charge is 0.301 e. The SMILES string of the molecule is CCCCCOc1ccc(C2/C(=C(/O)c3ccc(OCCCC)cc3)C(=O)C(=O)N2c2nnc(SCc3ccc(Cl)cc3)s2)cc1OCC. The second-order valence-electron chi connectivity index (χ2n) is 11.4. The van der Waals surface area contributed by atoms with Crippen molar-refractivity contribution in [2.45, 2.75) is 69.0 Å². The molecule has 1 fully saturated rings. The lowest BCUT2D eigenvalue weighted by Gasteiger charge is -2.23. The van der Waals surface area contributed by atoms with E-state index in [0.29, 0.717) is 63.3 Å². The number of hydrogen-bond acceptors (Lipinski definition) is 10. The molecule has 0 saturated carbocycles. The van der Waals surface area contributed by atoms with Gasteiger partial charge in [0.1, 0.15) is 11.5 Å². The molecule has 0 spiro atoms. The number of carbonyl (C=O) groups is 2. The number of halogens is 1. The van der Waals surface area contributed by atoms with Gasteiger partial charge in [-0.25, -0.2) is 0 Å². The summed E-state index contributed by atoms with van der Waals surface area (Å²) < 4.78 is 18.4. The normalized spacial score (nSPS) is 15.5. The Bertz CT molecular complexity index is 1760. The summed E-state index contributed by atoms with van der Waals surface area (Å²) in [6.07, 6.45) is 4.95. The molecular formula is C37H40ClN3O6S2. The summed E-state index contributed by atoms with van der Waals surface area (Å²) in [4.78, 5) is 28.9. The molecule has 12 heteroatoms. The average Bonchev–Trinajstić information content (AvgIpc) is 3.68. The highest BCUT2D eigenvalue weighted by Gasteiger charge is 2.48. The summed E-state index contributed by atoms with van der Waals surface area (Å²) >= 11 is 8.70. The fourth-order valence-corrected chi connectivity index (χ4v) is 7.19. The first-order chi connectivity index (χ1) is 23.8. The second-order valence-corrected chi connectivity index (χ2v) is 14.0. The number of benzene rings is 3. The molecule has 1 aliphatic heterocycles. The molecule has 9 nitrogen and oxygen atoms in total. The maximum Gasteiger partial charge on any atom is 0.301 e. The molecule has 4 aromatic rings.